The van der Waals surface area contributed by atoms with E-state index in [4.69, 9.17) is 4.74 Å². The van der Waals surface area contributed by atoms with Crippen molar-refractivity contribution in [1.29, 1.82) is 0 Å². The Morgan fingerprint density at radius 1 is 1.42 bits per heavy atom. The summed E-state index contributed by atoms with van der Waals surface area (Å²) >= 11 is 0. The van der Waals surface area contributed by atoms with Crippen molar-refractivity contribution in [3.63, 3.8) is 0 Å². The van der Waals surface area contributed by atoms with Crippen LogP contribution in [0, 0.1) is 12.8 Å². The van der Waals surface area contributed by atoms with Gasteiger partial charge in [-0.1, -0.05) is 6.07 Å². The molecule has 1 N–H and O–H groups in total. The molecule has 1 aliphatic heterocycles. The first kappa shape index (κ1) is 14.2. The van der Waals surface area contributed by atoms with Crippen LogP contribution in [0.4, 0.5) is 5.69 Å². The van der Waals surface area contributed by atoms with Crippen LogP contribution < -0.4 is 15.0 Å². The van der Waals surface area contributed by atoms with E-state index in [1.54, 1.807) is 7.11 Å². The highest BCUT2D eigenvalue weighted by molar-refractivity contribution is 5.62. The first-order chi connectivity index (χ1) is 8.97. The summed E-state index contributed by atoms with van der Waals surface area (Å²) in [5, 5.41) is 3.30. The Balaban J connectivity index is 2.32. The second kappa shape index (κ2) is 5.41. The Kier molecular flexibility index (Phi) is 4.04. The number of ether oxygens (including phenoxy) is 1. The largest absolute Gasteiger partial charge is 0.495 e. The van der Waals surface area contributed by atoms with Crippen molar-refractivity contribution < 1.29 is 4.74 Å². The van der Waals surface area contributed by atoms with Gasteiger partial charge in [0.15, 0.2) is 0 Å². The van der Waals surface area contributed by atoms with Gasteiger partial charge < -0.3 is 15.0 Å². The van der Waals surface area contributed by atoms with Gasteiger partial charge in [0.25, 0.3) is 0 Å². The monoisotopic (exact) mass is 262 g/mol. The van der Waals surface area contributed by atoms with Crippen molar-refractivity contribution in [3.05, 3.63) is 23.8 Å². The lowest BCUT2D eigenvalue weighted by molar-refractivity contribution is 0.409. The van der Waals surface area contributed by atoms with E-state index in [9.17, 15) is 0 Å². The first-order valence-corrected chi connectivity index (χ1v) is 7.05. The molecule has 106 valence electrons. The molecule has 0 aliphatic carbocycles. The summed E-state index contributed by atoms with van der Waals surface area (Å²) in [6.07, 6.45) is 1.21. The predicted molar refractivity (Wildman–Crippen MR) is 81.2 cm³/mol. The molecule has 1 atom stereocenters. The molecule has 1 heterocycles. The summed E-state index contributed by atoms with van der Waals surface area (Å²) in [7, 11) is 3.78. The van der Waals surface area contributed by atoms with Crippen LogP contribution in [-0.4, -0.2) is 32.8 Å². The van der Waals surface area contributed by atoms with Crippen molar-refractivity contribution in [2.75, 3.05) is 32.1 Å². The molecule has 0 radical (unpaired) electrons. The molecule has 1 aliphatic rings. The summed E-state index contributed by atoms with van der Waals surface area (Å²) in [6, 6.07) is 6.42. The number of nitrogens with zero attached hydrogens (tertiary/aromatic N) is 1. The maximum atomic E-state index is 5.54. The first-order valence-electron chi connectivity index (χ1n) is 7.05. The summed E-state index contributed by atoms with van der Waals surface area (Å²) in [6.45, 7) is 8.95. The average Bonchev–Trinajstić information content (AvgIpc) is 2.64. The van der Waals surface area contributed by atoms with Gasteiger partial charge in [0.05, 0.1) is 12.8 Å². The minimum absolute atomic E-state index is 0.183. The molecule has 1 saturated heterocycles. The molecule has 19 heavy (non-hydrogen) atoms. The lowest BCUT2D eigenvalue weighted by Gasteiger charge is -2.34. The third-order valence-electron chi connectivity index (χ3n) is 4.08. The van der Waals surface area contributed by atoms with Crippen LogP contribution in [0.25, 0.3) is 0 Å². The zero-order valence-corrected chi connectivity index (χ0v) is 12.8. The maximum Gasteiger partial charge on any atom is 0.142 e. The SMILES string of the molecule is CNCC1CN(c2cc(C)ccc2OC)C(C)(C)C1. The van der Waals surface area contributed by atoms with Crippen molar-refractivity contribution in [1.82, 2.24) is 5.32 Å². The summed E-state index contributed by atoms with van der Waals surface area (Å²) in [5.41, 5.74) is 2.69. The van der Waals surface area contributed by atoms with Gasteiger partial charge in [-0.2, -0.15) is 0 Å². The topological polar surface area (TPSA) is 24.5 Å². The van der Waals surface area contributed by atoms with E-state index in [0.717, 1.165) is 18.8 Å². The molecule has 1 fully saturated rings. The highest BCUT2D eigenvalue weighted by Gasteiger charge is 2.39. The minimum atomic E-state index is 0.183. The molecule has 3 nitrogen and oxygen atoms in total. The number of benzene rings is 1. The summed E-state index contributed by atoms with van der Waals surface area (Å²) in [4.78, 5) is 2.50. The van der Waals surface area contributed by atoms with Gasteiger partial charge >= 0.3 is 0 Å². The van der Waals surface area contributed by atoms with E-state index >= 15 is 0 Å². The molecule has 0 bridgehead atoms. The van der Waals surface area contributed by atoms with Gasteiger partial charge in [-0.25, -0.2) is 0 Å². The van der Waals surface area contributed by atoms with E-state index in [1.807, 2.05) is 7.05 Å². The molecular weight excluding hydrogens is 236 g/mol. The quantitative estimate of drug-likeness (QED) is 0.903. The zero-order valence-electron chi connectivity index (χ0n) is 12.8. The van der Waals surface area contributed by atoms with Crippen LogP contribution in [0.3, 0.4) is 0 Å². The van der Waals surface area contributed by atoms with Crippen molar-refractivity contribution >= 4 is 5.69 Å². The fraction of sp³-hybridized carbons (Fsp3) is 0.625. The van der Waals surface area contributed by atoms with Gasteiger partial charge in [-0.05, 0) is 64.4 Å². The third-order valence-corrected chi connectivity index (χ3v) is 4.08. The van der Waals surface area contributed by atoms with Gasteiger partial charge in [-0.15, -0.1) is 0 Å². The summed E-state index contributed by atoms with van der Waals surface area (Å²) < 4.78 is 5.54. The number of hydrogen-bond donors (Lipinski definition) is 1. The van der Waals surface area contributed by atoms with E-state index in [0.29, 0.717) is 5.92 Å². The number of anilines is 1. The summed E-state index contributed by atoms with van der Waals surface area (Å²) in [5.74, 6) is 1.68. The average molecular weight is 262 g/mol. The highest BCUT2D eigenvalue weighted by Crippen LogP contribution is 2.41. The fourth-order valence-corrected chi connectivity index (χ4v) is 3.25. The van der Waals surface area contributed by atoms with Gasteiger partial charge in [-0.3, -0.25) is 0 Å². The molecule has 0 spiro atoms. The minimum Gasteiger partial charge on any atom is -0.495 e. The number of aryl methyl sites for hydroxylation is 1. The van der Waals surface area contributed by atoms with Crippen molar-refractivity contribution in [2.24, 2.45) is 5.92 Å². The molecule has 0 aromatic heterocycles. The molecule has 0 saturated carbocycles. The number of nitrogens with one attached hydrogen (secondary N) is 1. The Hall–Kier alpha value is -1.22. The van der Waals surface area contributed by atoms with Crippen molar-refractivity contribution in [2.45, 2.75) is 32.7 Å². The molecule has 1 unspecified atom stereocenters. The van der Waals surface area contributed by atoms with E-state index in [2.05, 4.69) is 49.2 Å². The number of rotatable bonds is 4. The van der Waals surface area contributed by atoms with Crippen LogP contribution in [0.2, 0.25) is 0 Å². The second-order valence-electron chi connectivity index (χ2n) is 6.23. The smallest absolute Gasteiger partial charge is 0.142 e. The standard InChI is InChI=1S/C16H26N2O/c1-12-6-7-15(19-5)14(8-12)18-11-13(10-17-4)9-16(18,2)3/h6-8,13,17H,9-11H2,1-5H3. The third kappa shape index (κ3) is 2.86. The fourth-order valence-electron chi connectivity index (χ4n) is 3.25. The van der Waals surface area contributed by atoms with Gasteiger partial charge in [0.2, 0.25) is 0 Å². The highest BCUT2D eigenvalue weighted by atomic mass is 16.5. The molecule has 1 aromatic carbocycles. The van der Waals surface area contributed by atoms with Crippen LogP contribution in [0.5, 0.6) is 5.75 Å². The van der Waals surface area contributed by atoms with Crippen LogP contribution >= 0.6 is 0 Å². The van der Waals surface area contributed by atoms with E-state index < -0.39 is 0 Å². The molecule has 2 rings (SSSR count). The Morgan fingerprint density at radius 2 is 2.16 bits per heavy atom. The molecule has 1 aromatic rings. The van der Waals surface area contributed by atoms with E-state index in [-0.39, 0.29) is 5.54 Å². The second-order valence-corrected chi connectivity index (χ2v) is 6.23. The Morgan fingerprint density at radius 3 is 2.79 bits per heavy atom. The Labute approximate surface area is 116 Å². The lowest BCUT2D eigenvalue weighted by Crippen LogP contribution is -2.38. The Bertz CT molecular complexity index is 442. The maximum absolute atomic E-state index is 5.54. The van der Waals surface area contributed by atoms with Crippen LogP contribution in [-0.2, 0) is 0 Å². The molecule has 0 amide bonds. The van der Waals surface area contributed by atoms with E-state index in [1.165, 1.54) is 17.7 Å². The van der Waals surface area contributed by atoms with Gasteiger partial charge in [0, 0.05) is 12.1 Å². The molecular formula is C16H26N2O. The predicted octanol–water partition coefficient (Wildman–Crippen LogP) is 2.83. The normalized spacial score (nSPS) is 21.7. The van der Waals surface area contributed by atoms with Gasteiger partial charge in [0.1, 0.15) is 5.75 Å². The van der Waals surface area contributed by atoms with Crippen LogP contribution in [0.1, 0.15) is 25.8 Å². The zero-order chi connectivity index (χ0) is 14.0. The van der Waals surface area contributed by atoms with Crippen LogP contribution in [0.15, 0.2) is 18.2 Å². The lowest BCUT2D eigenvalue weighted by atomic mass is 9.96. The number of hydrogen-bond acceptors (Lipinski definition) is 3. The number of methoxy groups -OCH3 is 1. The molecule has 3 heteroatoms. The van der Waals surface area contributed by atoms with Crippen molar-refractivity contribution in [3.8, 4) is 5.75 Å².